The van der Waals surface area contributed by atoms with Gasteiger partial charge in [0.05, 0.1) is 19.8 Å². The van der Waals surface area contributed by atoms with E-state index in [1.807, 2.05) is 18.2 Å². The van der Waals surface area contributed by atoms with Crippen molar-refractivity contribution < 1.29 is 14.6 Å². The van der Waals surface area contributed by atoms with Gasteiger partial charge in [0, 0.05) is 11.6 Å². The van der Waals surface area contributed by atoms with Gasteiger partial charge in [0.1, 0.15) is 11.5 Å². The van der Waals surface area contributed by atoms with E-state index in [0.717, 1.165) is 29.9 Å². The van der Waals surface area contributed by atoms with Crippen LogP contribution in [-0.4, -0.2) is 18.3 Å². The Kier molecular flexibility index (Phi) is 6.16. The lowest BCUT2D eigenvalue weighted by Crippen LogP contribution is -2.11. The van der Waals surface area contributed by atoms with Crippen molar-refractivity contribution in [3.05, 3.63) is 23.8 Å². The quantitative estimate of drug-likeness (QED) is 0.816. The van der Waals surface area contributed by atoms with Crippen molar-refractivity contribution in [1.29, 1.82) is 0 Å². The van der Waals surface area contributed by atoms with Crippen molar-refractivity contribution in [2.45, 2.75) is 47.1 Å². The summed E-state index contributed by atoms with van der Waals surface area (Å²) in [6, 6.07) is 5.60. The molecule has 0 heterocycles. The summed E-state index contributed by atoms with van der Waals surface area (Å²) in [5, 5.41) is 9.32. The molecule has 0 radical (unpaired) electrons. The lowest BCUT2D eigenvalue weighted by atomic mass is 9.93. The van der Waals surface area contributed by atoms with E-state index >= 15 is 0 Å². The predicted octanol–water partition coefficient (Wildman–Crippen LogP) is 3.78. The van der Waals surface area contributed by atoms with Crippen molar-refractivity contribution >= 4 is 0 Å². The lowest BCUT2D eigenvalue weighted by Gasteiger charge is -2.19. The molecule has 0 aliphatic heterocycles. The highest BCUT2D eigenvalue weighted by Crippen LogP contribution is 2.26. The first kappa shape index (κ1) is 15.8. The van der Waals surface area contributed by atoms with Gasteiger partial charge in [0.15, 0.2) is 0 Å². The zero-order chi connectivity index (χ0) is 14.3. The van der Waals surface area contributed by atoms with Gasteiger partial charge in [-0.15, -0.1) is 0 Å². The first-order valence-corrected chi connectivity index (χ1v) is 6.95. The van der Waals surface area contributed by atoms with E-state index in [4.69, 9.17) is 9.47 Å². The fraction of sp³-hybridized carbons (Fsp3) is 0.625. The highest BCUT2D eigenvalue weighted by molar-refractivity contribution is 5.40. The van der Waals surface area contributed by atoms with E-state index in [1.54, 1.807) is 0 Å². The van der Waals surface area contributed by atoms with Gasteiger partial charge in [-0.1, -0.05) is 27.7 Å². The average molecular weight is 266 g/mol. The lowest BCUT2D eigenvalue weighted by molar-refractivity contribution is 0.229. The first-order chi connectivity index (χ1) is 8.96. The van der Waals surface area contributed by atoms with Crippen LogP contribution < -0.4 is 9.47 Å². The molecule has 0 spiro atoms. The normalized spacial score (nSPS) is 11.4. The molecular weight excluding hydrogens is 240 g/mol. The second-order valence-electron chi connectivity index (χ2n) is 5.94. The Morgan fingerprint density at radius 2 is 1.84 bits per heavy atom. The highest BCUT2D eigenvalue weighted by atomic mass is 16.5. The van der Waals surface area contributed by atoms with E-state index in [9.17, 15) is 5.11 Å². The molecule has 0 atom stereocenters. The molecule has 1 aromatic rings. The van der Waals surface area contributed by atoms with Crippen LogP contribution in [0.1, 0.15) is 46.1 Å². The first-order valence-electron chi connectivity index (χ1n) is 6.95. The number of ether oxygens (including phenoxy) is 2. The molecule has 0 unspecified atom stereocenters. The summed E-state index contributed by atoms with van der Waals surface area (Å²) in [7, 11) is 0. The molecule has 0 aliphatic carbocycles. The molecule has 1 rings (SSSR count). The maximum absolute atomic E-state index is 9.32. The van der Waals surface area contributed by atoms with E-state index in [1.165, 1.54) is 0 Å². The molecule has 1 aromatic carbocycles. The molecule has 0 bridgehead atoms. The van der Waals surface area contributed by atoms with Gasteiger partial charge < -0.3 is 14.6 Å². The van der Waals surface area contributed by atoms with E-state index < -0.39 is 0 Å². The highest BCUT2D eigenvalue weighted by Gasteiger charge is 2.11. The minimum absolute atomic E-state index is 0.0150. The second-order valence-corrected chi connectivity index (χ2v) is 5.94. The van der Waals surface area contributed by atoms with Crippen molar-refractivity contribution in [2.75, 3.05) is 13.2 Å². The number of rotatable bonds is 7. The summed E-state index contributed by atoms with van der Waals surface area (Å²) < 4.78 is 11.4. The minimum atomic E-state index is -0.0150. The largest absolute Gasteiger partial charge is 0.493 e. The van der Waals surface area contributed by atoms with Gasteiger partial charge >= 0.3 is 0 Å². The van der Waals surface area contributed by atoms with Crippen LogP contribution in [0.4, 0.5) is 0 Å². The maximum Gasteiger partial charge on any atom is 0.128 e. The third-order valence-electron chi connectivity index (χ3n) is 2.79. The summed E-state index contributed by atoms with van der Waals surface area (Å²) in [6.45, 7) is 9.95. The minimum Gasteiger partial charge on any atom is -0.493 e. The zero-order valence-electron chi connectivity index (χ0n) is 12.5. The fourth-order valence-corrected chi connectivity index (χ4v) is 1.58. The third-order valence-corrected chi connectivity index (χ3v) is 2.79. The van der Waals surface area contributed by atoms with E-state index in [2.05, 4.69) is 27.7 Å². The summed E-state index contributed by atoms with van der Waals surface area (Å²) in [5.74, 6) is 1.52. The van der Waals surface area contributed by atoms with Crippen LogP contribution in [-0.2, 0) is 6.61 Å². The van der Waals surface area contributed by atoms with E-state index in [0.29, 0.717) is 13.2 Å². The molecule has 19 heavy (non-hydrogen) atoms. The Balaban J connectivity index is 2.67. The molecule has 0 saturated carbocycles. The third kappa shape index (κ3) is 5.97. The summed E-state index contributed by atoms with van der Waals surface area (Å²) in [5.41, 5.74) is 1.05. The monoisotopic (exact) mass is 266 g/mol. The molecule has 0 amide bonds. The smallest absolute Gasteiger partial charge is 0.128 e. The van der Waals surface area contributed by atoms with Crippen molar-refractivity contribution in [3.8, 4) is 11.5 Å². The van der Waals surface area contributed by atoms with Crippen molar-refractivity contribution in [3.63, 3.8) is 0 Å². The second kappa shape index (κ2) is 7.39. The number of hydrogen-bond donors (Lipinski definition) is 1. The summed E-state index contributed by atoms with van der Waals surface area (Å²) in [4.78, 5) is 0. The molecule has 1 N–H and O–H groups in total. The van der Waals surface area contributed by atoms with Crippen LogP contribution in [0.15, 0.2) is 18.2 Å². The molecule has 0 aliphatic rings. The van der Waals surface area contributed by atoms with Crippen LogP contribution in [0.5, 0.6) is 11.5 Å². The SMILES string of the molecule is CCCOc1ccc(CO)c(OCCC(C)(C)C)c1. The average Bonchev–Trinajstić information content (AvgIpc) is 2.35. The molecular formula is C16H26O3. The van der Waals surface area contributed by atoms with Gasteiger partial charge in [-0.2, -0.15) is 0 Å². The number of hydrogen-bond acceptors (Lipinski definition) is 3. The van der Waals surface area contributed by atoms with Gasteiger partial charge in [-0.05, 0) is 30.4 Å². The Morgan fingerprint density at radius 3 is 2.42 bits per heavy atom. The molecule has 0 fully saturated rings. The van der Waals surface area contributed by atoms with Gasteiger partial charge in [-0.25, -0.2) is 0 Å². The standard InChI is InChI=1S/C16H26O3/c1-5-9-18-14-7-6-13(12-17)15(11-14)19-10-8-16(2,3)4/h6-7,11,17H,5,8-10,12H2,1-4H3. The van der Waals surface area contributed by atoms with Crippen LogP contribution >= 0.6 is 0 Å². The Labute approximate surface area is 116 Å². The van der Waals surface area contributed by atoms with Crippen LogP contribution in [0.25, 0.3) is 0 Å². The molecule has 3 heteroatoms. The fourth-order valence-electron chi connectivity index (χ4n) is 1.58. The van der Waals surface area contributed by atoms with Gasteiger partial charge in [0.2, 0.25) is 0 Å². The summed E-state index contributed by atoms with van der Waals surface area (Å²) >= 11 is 0. The van der Waals surface area contributed by atoms with Gasteiger partial charge in [-0.3, -0.25) is 0 Å². The number of aliphatic hydroxyl groups excluding tert-OH is 1. The van der Waals surface area contributed by atoms with Crippen LogP contribution in [0.2, 0.25) is 0 Å². The topological polar surface area (TPSA) is 38.7 Å². The van der Waals surface area contributed by atoms with Crippen molar-refractivity contribution in [2.24, 2.45) is 5.41 Å². The van der Waals surface area contributed by atoms with Crippen LogP contribution in [0, 0.1) is 5.41 Å². The summed E-state index contributed by atoms with van der Waals surface area (Å²) in [6.07, 6.45) is 1.94. The Hall–Kier alpha value is -1.22. The molecule has 3 nitrogen and oxygen atoms in total. The van der Waals surface area contributed by atoms with Gasteiger partial charge in [0.25, 0.3) is 0 Å². The molecule has 0 saturated heterocycles. The Bertz CT molecular complexity index is 380. The Morgan fingerprint density at radius 1 is 1.11 bits per heavy atom. The van der Waals surface area contributed by atoms with Crippen molar-refractivity contribution in [1.82, 2.24) is 0 Å². The number of aliphatic hydroxyl groups is 1. The van der Waals surface area contributed by atoms with Crippen LogP contribution in [0.3, 0.4) is 0 Å². The molecule has 0 aromatic heterocycles. The zero-order valence-corrected chi connectivity index (χ0v) is 12.5. The van der Waals surface area contributed by atoms with E-state index in [-0.39, 0.29) is 12.0 Å². The predicted molar refractivity (Wildman–Crippen MR) is 77.7 cm³/mol. The maximum atomic E-state index is 9.32. The molecule has 108 valence electrons. The number of benzene rings is 1.